The highest BCUT2D eigenvalue weighted by Crippen LogP contribution is 2.33. The molecule has 0 radical (unpaired) electrons. The molecule has 140 valence electrons. The van der Waals surface area contributed by atoms with Crippen molar-refractivity contribution in [2.75, 3.05) is 13.3 Å². The Kier molecular flexibility index (Phi) is 4.37. The van der Waals surface area contributed by atoms with E-state index in [0.717, 1.165) is 4.68 Å². The van der Waals surface area contributed by atoms with Crippen LogP contribution in [0.4, 0.5) is 0 Å². The molecule has 0 saturated carbocycles. The highest BCUT2D eigenvalue weighted by atomic mass is 16.7. The minimum Gasteiger partial charge on any atom is -0.454 e. The summed E-state index contributed by atoms with van der Waals surface area (Å²) < 4.78 is 14.9. The van der Waals surface area contributed by atoms with E-state index in [0.29, 0.717) is 36.1 Å². The largest absolute Gasteiger partial charge is 0.454 e. The quantitative estimate of drug-likeness (QED) is 0.659. The smallest absolute Gasteiger partial charge is 0.351 e. The lowest BCUT2D eigenvalue weighted by Gasteiger charge is -2.05. The number of carbonyl (C=O) groups is 1. The lowest BCUT2D eigenvalue weighted by molar-refractivity contribution is -0.121. The molecule has 1 amide bonds. The molecule has 10 nitrogen and oxygen atoms in total. The molecule has 1 N–H and O–H groups in total. The molecule has 0 unspecified atom stereocenters. The van der Waals surface area contributed by atoms with Gasteiger partial charge in [0, 0.05) is 25.0 Å². The molecule has 0 spiro atoms. The second kappa shape index (κ2) is 6.98. The normalized spacial score (nSPS) is 12.3. The average Bonchev–Trinajstić information content (AvgIpc) is 3.36. The summed E-state index contributed by atoms with van der Waals surface area (Å²) in [5.74, 6) is 1.39. The summed E-state index contributed by atoms with van der Waals surface area (Å²) in [5.41, 5.74) is 0.209. The topological polar surface area (TPSA) is 105 Å². The number of hydrogen-bond donors (Lipinski definition) is 1. The van der Waals surface area contributed by atoms with Crippen molar-refractivity contribution in [1.82, 2.24) is 29.4 Å². The van der Waals surface area contributed by atoms with Gasteiger partial charge < -0.3 is 14.8 Å². The Morgan fingerprint density at radius 1 is 1.30 bits per heavy atom. The van der Waals surface area contributed by atoms with E-state index in [-0.39, 0.29) is 19.2 Å². The number of amides is 1. The Balaban J connectivity index is 1.46. The van der Waals surface area contributed by atoms with Crippen LogP contribution >= 0.6 is 0 Å². The van der Waals surface area contributed by atoms with Gasteiger partial charge in [0.25, 0.3) is 0 Å². The molecule has 10 heteroatoms. The van der Waals surface area contributed by atoms with Crippen LogP contribution in [0.5, 0.6) is 11.5 Å². The van der Waals surface area contributed by atoms with E-state index in [4.69, 9.17) is 9.47 Å². The maximum Gasteiger partial charge on any atom is 0.351 e. The lowest BCUT2D eigenvalue weighted by atomic mass is 10.2. The summed E-state index contributed by atoms with van der Waals surface area (Å²) in [6, 6.07) is 7.01. The third-order valence-corrected chi connectivity index (χ3v) is 4.13. The Morgan fingerprint density at radius 3 is 2.96 bits per heavy atom. The van der Waals surface area contributed by atoms with Crippen molar-refractivity contribution in [1.29, 1.82) is 0 Å². The fourth-order valence-electron chi connectivity index (χ4n) is 2.88. The van der Waals surface area contributed by atoms with Gasteiger partial charge in [-0.3, -0.25) is 9.48 Å². The molecule has 0 bridgehead atoms. The van der Waals surface area contributed by atoms with E-state index in [1.807, 2.05) is 12.3 Å². The first kappa shape index (κ1) is 16.9. The van der Waals surface area contributed by atoms with Crippen LogP contribution in [0.25, 0.3) is 5.69 Å². The van der Waals surface area contributed by atoms with Crippen molar-refractivity contribution >= 4 is 5.91 Å². The number of aromatic nitrogens is 5. The number of aryl methyl sites for hydroxylation is 1. The molecule has 1 aromatic carbocycles. The van der Waals surface area contributed by atoms with Gasteiger partial charge in [0.1, 0.15) is 12.4 Å². The number of nitrogens with zero attached hydrogens (tertiary/aromatic N) is 5. The van der Waals surface area contributed by atoms with E-state index in [1.165, 1.54) is 4.57 Å². The summed E-state index contributed by atoms with van der Waals surface area (Å²) in [6.45, 7) is 2.68. The van der Waals surface area contributed by atoms with Crippen LogP contribution in [0.2, 0.25) is 0 Å². The van der Waals surface area contributed by atoms with E-state index in [9.17, 15) is 9.59 Å². The van der Waals surface area contributed by atoms with Crippen molar-refractivity contribution in [2.45, 2.75) is 20.0 Å². The van der Waals surface area contributed by atoms with Gasteiger partial charge in [0.05, 0.1) is 12.2 Å². The van der Waals surface area contributed by atoms with Crippen molar-refractivity contribution in [3.05, 3.63) is 53.0 Å². The molecule has 1 aliphatic rings. The highest BCUT2D eigenvalue weighted by molar-refractivity contribution is 5.75. The first-order chi connectivity index (χ1) is 13.1. The SMILES string of the molecule is Cc1nn(CC(=O)NCCn2cccn2)c(=O)n1-c1ccc2c(c1)OCO2. The number of rotatable bonds is 6. The van der Waals surface area contributed by atoms with E-state index in [1.54, 1.807) is 36.0 Å². The fraction of sp³-hybridized carbons (Fsp3) is 0.294. The molecular weight excluding hydrogens is 352 g/mol. The molecular formula is C17H18N6O4. The number of nitrogens with one attached hydrogen (secondary N) is 1. The molecule has 2 aromatic heterocycles. The first-order valence-corrected chi connectivity index (χ1v) is 8.42. The van der Waals surface area contributed by atoms with E-state index < -0.39 is 5.69 Å². The number of ether oxygens (including phenoxy) is 2. The molecule has 0 aliphatic carbocycles. The third kappa shape index (κ3) is 3.41. The minimum absolute atomic E-state index is 0.156. The van der Waals surface area contributed by atoms with E-state index in [2.05, 4.69) is 15.5 Å². The van der Waals surface area contributed by atoms with Crippen molar-refractivity contribution in [3.63, 3.8) is 0 Å². The summed E-state index contributed by atoms with van der Waals surface area (Å²) in [7, 11) is 0. The predicted molar refractivity (Wildman–Crippen MR) is 93.9 cm³/mol. The molecule has 0 saturated heterocycles. The van der Waals surface area contributed by atoms with Crippen molar-refractivity contribution in [2.24, 2.45) is 0 Å². The molecule has 0 atom stereocenters. The van der Waals surface area contributed by atoms with Crippen LogP contribution in [-0.2, 0) is 17.9 Å². The summed E-state index contributed by atoms with van der Waals surface area (Å²) in [4.78, 5) is 24.8. The number of fused-ring (bicyclic) bond motifs is 1. The van der Waals surface area contributed by atoms with Crippen LogP contribution in [0.1, 0.15) is 5.82 Å². The van der Waals surface area contributed by atoms with Gasteiger partial charge in [-0.1, -0.05) is 0 Å². The summed E-state index contributed by atoms with van der Waals surface area (Å²) in [6.07, 6.45) is 3.49. The molecule has 27 heavy (non-hydrogen) atoms. The second-order valence-corrected chi connectivity index (χ2v) is 5.98. The van der Waals surface area contributed by atoms with Gasteiger partial charge >= 0.3 is 5.69 Å². The maximum atomic E-state index is 12.7. The Hall–Kier alpha value is -3.56. The van der Waals surface area contributed by atoms with Gasteiger partial charge in [-0.05, 0) is 25.1 Å². The van der Waals surface area contributed by atoms with Gasteiger partial charge in [0.15, 0.2) is 11.5 Å². The number of benzene rings is 1. The van der Waals surface area contributed by atoms with E-state index >= 15 is 0 Å². The summed E-state index contributed by atoms with van der Waals surface area (Å²) >= 11 is 0. The lowest BCUT2D eigenvalue weighted by Crippen LogP contribution is -2.35. The van der Waals surface area contributed by atoms with Crippen LogP contribution in [-0.4, -0.2) is 43.4 Å². The van der Waals surface area contributed by atoms with Crippen molar-refractivity contribution in [3.8, 4) is 17.2 Å². The second-order valence-electron chi connectivity index (χ2n) is 5.98. The van der Waals surface area contributed by atoms with Gasteiger partial charge in [-0.2, -0.15) is 10.2 Å². The molecule has 4 rings (SSSR count). The standard InChI is InChI=1S/C17H18N6O4/c1-12-20-22(10-16(24)18-6-8-21-7-2-5-19-21)17(25)23(12)13-3-4-14-15(9-13)27-11-26-14/h2-5,7,9H,6,8,10-11H2,1H3,(H,18,24). The number of hydrogen-bond acceptors (Lipinski definition) is 6. The minimum atomic E-state index is -0.395. The Bertz CT molecular complexity index is 1020. The Morgan fingerprint density at radius 2 is 2.15 bits per heavy atom. The van der Waals surface area contributed by atoms with Crippen LogP contribution < -0.4 is 20.5 Å². The van der Waals surface area contributed by atoms with Gasteiger partial charge in [-0.25, -0.2) is 14.0 Å². The zero-order valence-corrected chi connectivity index (χ0v) is 14.7. The van der Waals surface area contributed by atoms with Gasteiger partial charge in [0.2, 0.25) is 12.7 Å². The Labute approximate surface area is 153 Å². The van der Waals surface area contributed by atoms with Crippen LogP contribution in [0, 0.1) is 6.92 Å². The molecule has 3 heterocycles. The summed E-state index contributed by atoms with van der Waals surface area (Å²) in [5, 5.41) is 11.0. The maximum absolute atomic E-state index is 12.7. The van der Waals surface area contributed by atoms with Crippen LogP contribution in [0.3, 0.4) is 0 Å². The highest BCUT2D eigenvalue weighted by Gasteiger charge is 2.18. The molecule has 1 aliphatic heterocycles. The van der Waals surface area contributed by atoms with Gasteiger partial charge in [-0.15, -0.1) is 0 Å². The molecule has 0 fully saturated rings. The van der Waals surface area contributed by atoms with Crippen molar-refractivity contribution < 1.29 is 14.3 Å². The van der Waals surface area contributed by atoms with Crippen LogP contribution in [0.15, 0.2) is 41.5 Å². The zero-order valence-electron chi connectivity index (χ0n) is 14.7. The predicted octanol–water partition coefficient (Wildman–Crippen LogP) is 0.0840. The molecule has 3 aromatic rings. The third-order valence-electron chi connectivity index (χ3n) is 4.13. The first-order valence-electron chi connectivity index (χ1n) is 8.42. The number of carbonyl (C=O) groups excluding carboxylic acids is 1. The average molecular weight is 370 g/mol. The monoisotopic (exact) mass is 370 g/mol. The zero-order chi connectivity index (χ0) is 18.8. The fourth-order valence-corrected chi connectivity index (χ4v) is 2.88.